The van der Waals surface area contributed by atoms with Crippen molar-refractivity contribution in [1.29, 1.82) is 0 Å². The number of hydrogen-bond acceptors (Lipinski definition) is 5. The van der Waals surface area contributed by atoms with Crippen LogP contribution in [0.1, 0.15) is 10.4 Å². The molecule has 0 spiro atoms. The Labute approximate surface area is 180 Å². The van der Waals surface area contributed by atoms with Crippen molar-refractivity contribution in [3.05, 3.63) is 72.4 Å². The van der Waals surface area contributed by atoms with Crippen LogP contribution in [0.4, 0.5) is 5.69 Å². The number of anilines is 1. The molecule has 1 aliphatic heterocycles. The number of carboxylic acids is 1. The molecule has 3 heterocycles. The van der Waals surface area contributed by atoms with Gasteiger partial charge in [0.1, 0.15) is 11.3 Å². The van der Waals surface area contributed by atoms with E-state index in [2.05, 4.69) is 21.8 Å². The first-order valence-corrected chi connectivity index (χ1v) is 10.3. The largest absolute Gasteiger partial charge is 0.478 e. The van der Waals surface area contributed by atoms with Crippen molar-refractivity contribution in [3.63, 3.8) is 0 Å². The van der Waals surface area contributed by atoms with Gasteiger partial charge in [-0.2, -0.15) is 5.10 Å². The zero-order valence-electron chi connectivity index (χ0n) is 17.3. The molecule has 156 valence electrons. The van der Waals surface area contributed by atoms with Gasteiger partial charge in [0, 0.05) is 37.9 Å². The summed E-state index contributed by atoms with van der Waals surface area (Å²) in [7, 11) is 2.08. The average Bonchev–Trinajstić information content (AvgIpc) is 3.20. The first-order chi connectivity index (χ1) is 15.1. The van der Waals surface area contributed by atoms with Crippen LogP contribution < -0.4 is 4.90 Å². The number of nitrogens with zero attached hydrogens (tertiary/aromatic N) is 5. The van der Waals surface area contributed by atoms with E-state index in [9.17, 15) is 9.90 Å². The number of hydrogen-bond donors (Lipinski definition) is 1. The molecule has 7 heteroatoms. The summed E-state index contributed by atoms with van der Waals surface area (Å²) in [5.74, 6) is -0.977. The van der Waals surface area contributed by atoms with Gasteiger partial charge in [0.05, 0.1) is 16.8 Å². The van der Waals surface area contributed by atoms with Crippen LogP contribution >= 0.6 is 0 Å². The van der Waals surface area contributed by atoms with Crippen molar-refractivity contribution in [1.82, 2.24) is 19.7 Å². The van der Waals surface area contributed by atoms with Crippen LogP contribution in [-0.4, -0.2) is 64.0 Å². The number of carboxylic acid groups (broad SMARTS) is 1. The van der Waals surface area contributed by atoms with E-state index < -0.39 is 5.97 Å². The molecule has 31 heavy (non-hydrogen) atoms. The van der Waals surface area contributed by atoms with Gasteiger partial charge >= 0.3 is 5.97 Å². The Kier molecular flexibility index (Phi) is 4.88. The second-order valence-corrected chi connectivity index (χ2v) is 7.78. The molecular weight excluding hydrogens is 390 g/mol. The summed E-state index contributed by atoms with van der Waals surface area (Å²) in [6.45, 7) is 3.24. The summed E-state index contributed by atoms with van der Waals surface area (Å²) in [4.78, 5) is 21.2. The minimum atomic E-state index is -0.977. The van der Waals surface area contributed by atoms with E-state index >= 15 is 0 Å². The van der Waals surface area contributed by atoms with Gasteiger partial charge in [-0.25, -0.2) is 14.5 Å². The van der Waals surface area contributed by atoms with E-state index in [-0.39, 0.29) is 5.56 Å². The number of pyridine rings is 1. The average molecular weight is 413 g/mol. The Morgan fingerprint density at radius 3 is 2.23 bits per heavy atom. The lowest BCUT2D eigenvalue weighted by Crippen LogP contribution is -2.45. The number of aromatic nitrogens is 3. The molecule has 1 fully saturated rings. The van der Waals surface area contributed by atoms with Crippen molar-refractivity contribution in [2.24, 2.45) is 0 Å². The number of rotatable bonds is 4. The van der Waals surface area contributed by atoms with Crippen molar-refractivity contribution < 1.29 is 9.90 Å². The molecule has 0 radical (unpaired) electrons. The van der Waals surface area contributed by atoms with Crippen LogP contribution in [0.2, 0.25) is 0 Å². The minimum Gasteiger partial charge on any atom is -0.478 e. The van der Waals surface area contributed by atoms with E-state index in [0.717, 1.165) is 48.5 Å². The van der Waals surface area contributed by atoms with Crippen LogP contribution in [0.5, 0.6) is 0 Å². The lowest BCUT2D eigenvalue weighted by Gasteiger charge is -2.35. The first kappa shape index (κ1) is 19.3. The predicted molar refractivity (Wildman–Crippen MR) is 121 cm³/mol. The third kappa shape index (κ3) is 3.43. The van der Waals surface area contributed by atoms with Gasteiger partial charge in [0.15, 0.2) is 5.65 Å². The number of aromatic carboxylic acids is 1. The Hall–Kier alpha value is -3.71. The minimum absolute atomic E-state index is 0.210. The highest BCUT2D eigenvalue weighted by Crippen LogP contribution is 2.38. The molecule has 5 rings (SSSR count). The maximum Gasteiger partial charge on any atom is 0.339 e. The molecule has 0 bridgehead atoms. The number of fused-ring (bicyclic) bond motifs is 1. The molecule has 2 aromatic carbocycles. The smallest absolute Gasteiger partial charge is 0.339 e. The molecule has 1 aliphatic rings. The Morgan fingerprint density at radius 2 is 1.58 bits per heavy atom. The maximum atomic E-state index is 12.2. The Balaban J connectivity index is 1.83. The molecule has 0 unspecified atom stereocenters. The molecule has 0 saturated carbocycles. The molecule has 0 aliphatic carbocycles. The fourth-order valence-corrected chi connectivity index (χ4v) is 4.13. The molecule has 0 amide bonds. The second-order valence-electron chi connectivity index (χ2n) is 7.78. The van der Waals surface area contributed by atoms with Crippen molar-refractivity contribution in [3.8, 4) is 16.9 Å². The van der Waals surface area contributed by atoms with Crippen molar-refractivity contribution >= 4 is 22.7 Å². The molecular formula is C24H23N5O2. The number of piperazine rings is 1. The van der Waals surface area contributed by atoms with Gasteiger partial charge in [-0.3, -0.25) is 0 Å². The molecule has 1 saturated heterocycles. The van der Waals surface area contributed by atoms with Crippen LogP contribution in [0.15, 0.2) is 66.9 Å². The van der Waals surface area contributed by atoms with Crippen molar-refractivity contribution in [2.45, 2.75) is 0 Å². The highest BCUT2D eigenvalue weighted by atomic mass is 16.4. The van der Waals surface area contributed by atoms with Gasteiger partial charge in [0.2, 0.25) is 0 Å². The van der Waals surface area contributed by atoms with E-state index in [0.29, 0.717) is 11.3 Å². The summed E-state index contributed by atoms with van der Waals surface area (Å²) < 4.78 is 1.81. The van der Waals surface area contributed by atoms with Gasteiger partial charge in [-0.05, 0) is 19.2 Å². The molecule has 7 nitrogen and oxygen atoms in total. The van der Waals surface area contributed by atoms with E-state index in [1.54, 1.807) is 0 Å². The van der Waals surface area contributed by atoms with Crippen LogP contribution in [0, 0.1) is 0 Å². The first-order valence-electron chi connectivity index (χ1n) is 10.3. The number of para-hydroxylation sites is 1. The van der Waals surface area contributed by atoms with E-state index in [1.165, 1.54) is 6.20 Å². The lowest BCUT2D eigenvalue weighted by atomic mass is 10.0. The summed E-state index contributed by atoms with van der Waals surface area (Å²) in [6, 6.07) is 19.7. The summed E-state index contributed by atoms with van der Waals surface area (Å²) in [5, 5.41) is 15.7. The standard InChI is InChI=1S/C24H23N5O2/c1-27-12-14-28(15-13-27)22-19(24(30)31)16-25-23-20(22)21(17-8-4-2-5-9-17)26-29(23)18-10-6-3-7-11-18/h2-11,16H,12-15H2,1H3,(H,30,31). The fourth-order valence-electron chi connectivity index (χ4n) is 4.13. The maximum absolute atomic E-state index is 12.2. The normalized spacial score (nSPS) is 14.8. The third-order valence-electron chi connectivity index (χ3n) is 5.77. The van der Waals surface area contributed by atoms with Crippen LogP contribution in [0.3, 0.4) is 0 Å². The molecule has 4 aromatic rings. The Bertz CT molecular complexity index is 1230. The number of benzene rings is 2. The zero-order valence-corrected chi connectivity index (χ0v) is 17.3. The lowest BCUT2D eigenvalue weighted by molar-refractivity contribution is 0.0697. The van der Waals surface area contributed by atoms with E-state index in [1.807, 2.05) is 65.3 Å². The summed E-state index contributed by atoms with van der Waals surface area (Å²) in [5.41, 5.74) is 4.12. The quantitative estimate of drug-likeness (QED) is 0.552. The zero-order chi connectivity index (χ0) is 21.4. The van der Waals surface area contributed by atoms with Crippen LogP contribution in [0.25, 0.3) is 28.0 Å². The summed E-state index contributed by atoms with van der Waals surface area (Å²) in [6.07, 6.45) is 1.47. The molecule has 1 N–H and O–H groups in total. The highest BCUT2D eigenvalue weighted by molar-refractivity contribution is 6.09. The molecule has 2 aromatic heterocycles. The van der Waals surface area contributed by atoms with Gasteiger partial charge in [-0.15, -0.1) is 0 Å². The van der Waals surface area contributed by atoms with E-state index in [4.69, 9.17) is 5.10 Å². The fraction of sp³-hybridized carbons (Fsp3) is 0.208. The summed E-state index contributed by atoms with van der Waals surface area (Å²) >= 11 is 0. The van der Waals surface area contributed by atoms with Crippen LogP contribution in [-0.2, 0) is 0 Å². The SMILES string of the molecule is CN1CCN(c2c(C(=O)O)cnc3c2c(-c2ccccc2)nn3-c2ccccc2)CC1. The van der Waals surface area contributed by atoms with Gasteiger partial charge in [-0.1, -0.05) is 48.5 Å². The predicted octanol–water partition coefficient (Wildman–Crippen LogP) is 3.54. The number of carbonyl (C=O) groups is 1. The second kappa shape index (κ2) is 7.85. The molecule has 0 atom stereocenters. The van der Waals surface area contributed by atoms with Gasteiger partial charge < -0.3 is 14.9 Å². The third-order valence-corrected chi connectivity index (χ3v) is 5.77. The topological polar surface area (TPSA) is 74.5 Å². The Morgan fingerprint density at radius 1 is 0.935 bits per heavy atom. The highest BCUT2D eigenvalue weighted by Gasteiger charge is 2.28. The number of likely N-dealkylation sites (N-methyl/N-ethyl adjacent to an activating group) is 1. The van der Waals surface area contributed by atoms with Crippen molar-refractivity contribution in [2.75, 3.05) is 38.1 Å². The monoisotopic (exact) mass is 413 g/mol. The van der Waals surface area contributed by atoms with Gasteiger partial charge in [0.25, 0.3) is 0 Å².